The monoisotopic (exact) mass is 430 g/mol. The molecule has 3 rings (SSSR count). The van der Waals surface area contributed by atoms with E-state index in [4.69, 9.17) is 0 Å². The molecule has 0 aromatic heterocycles. The van der Waals surface area contributed by atoms with Gasteiger partial charge in [-0.25, -0.2) is 0 Å². The number of hydrogen-bond donors (Lipinski definition) is 0. The number of ketones is 1. The number of benzene rings is 2. The summed E-state index contributed by atoms with van der Waals surface area (Å²) in [4.78, 5) is 12.7. The Morgan fingerprint density at radius 1 is 0.696 bits per heavy atom. The van der Waals surface area contributed by atoms with Gasteiger partial charge < -0.3 is 0 Å². The van der Waals surface area contributed by atoms with Crippen LogP contribution in [0, 0.1) is 0 Å². The van der Waals surface area contributed by atoms with E-state index in [1.165, 1.54) is 0 Å². The zero-order valence-electron chi connectivity index (χ0n) is 12.6. The van der Waals surface area contributed by atoms with Crippen LogP contribution >= 0.6 is 31.9 Å². The van der Waals surface area contributed by atoms with Gasteiger partial charge >= 0.3 is 0 Å². The molecule has 0 N–H and O–H groups in total. The summed E-state index contributed by atoms with van der Waals surface area (Å²) in [6.07, 6.45) is 6.77. The minimum atomic E-state index is 0.182. The van der Waals surface area contributed by atoms with Crippen LogP contribution in [0.3, 0.4) is 0 Å². The quantitative estimate of drug-likeness (QED) is 0.500. The van der Waals surface area contributed by atoms with Crippen molar-refractivity contribution in [2.75, 3.05) is 0 Å². The fourth-order valence-corrected chi connectivity index (χ4v) is 3.23. The van der Waals surface area contributed by atoms with Gasteiger partial charge in [-0.1, -0.05) is 56.1 Å². The average molecular weight is 432 g/mol. The van der Waals surface area contributed by atoms with Crippen molar-refractivity contribution < 1.29 is 4.79 Å². The van der Waals surface area contributed by atoms with Gasteiger partial charge in [-0.15, -0.1) is 0 Å². The molecule has 0 saturated heterocycles. The van der Waals surface area contributed by atoms with E-state index < -0.39 is 0 Å². The number of rotatable bonds is 2. The van der Waals surface area contributed by atoms with Crippen molar-refractivity contribution in [2.45, 2.75) is 19.3 Å². The molecule has 0 spiro atoms. The van der Waals surface area contributed by atoms with Crippen LogP contribution in [0.25, 0.3) is 12.2 Å². The van der Waals surface area contributed by atoms with Gasteiger partial charge in [-0.05, 0) is 66.8 Å². The van der Waals surface area contributed by atoms with E-state index in [0.29, 0.717) is 0 Å². The fourth-order valence-electron chi connectivity index (χ4n) is 2.70. The lowest BCUT2D eigenvalue weighted by molar-refractivity contribution is -0.112. The molecule has 0 aliphatic heterocycles. The molecule has 1 nitrogen and oxygen atoms in total. The Labute approximate surface area is 153 Å². The van der Waals surface area contributed by atoms with Gasteiger partial charge in [0.2, 0.25) is 0 Å². The summed E-state index contributed by atoms with van der Waals surface area (Å²) in [6, 6.07) is 16.1. The summed E-state index contributed by atoms with van der Waals surface area (Å²) in [6.45, 7) is 0. The smallest absolute Gasteiger partial charge is 0.185 e. The van der Waals surface area contributed by atoms with Gasteiger partial charge in [0.1, 0.15) is 0 Å². The Morgan fingerprint density at radius 2 is 1.09 bits per heavy atom. The second-order valence-corrected chi connectivity index (χ2v) is 7.46. The van der Waals surface area contributed by atoms with Gasteiger partial charge in [0.25, 0.3) is 0 Å². The van der Waals surface area contributed by atoms with Gasteiger partial charge in [-0.3, -0.25) is 4.79 Å². The van der Waals surface area contributed by atoms with Crippen LogP contribution in [0.15, 0.2) is 68.6 Å². The van der Waals surface area contributed by atoms with E-state index in [2.05, 4.69) is 31.9 Å². The van der Waals surface area contributed by atoms with E-state index in [1.807, 2.05) is 60.7 Å². The lowest BCUT2D eigenvalue weighted by atomic mass is 9.87. The molecule has 1 fully saturated rings. The summed E-state index contributed by atoms with van der Waals surface area (Å²) in [7, 11) is 0. The summed E-state index contributed by atoms with van der Waals surface area (Å²) in [5.74, 6) is 0.182. The lowest BCUT2D eigenvalue weighted by Crippen LogP contribution is -2.12. The average Bonchev–Trinajstić information content (AvgIpc) is 2.55. The first-order valence-electron chi connectivity index (χ1n) is 7.59. The van der Waals surface area contributed by atoms with Crippen molar-refractivity contribution in [3.8, 4) is 0 Å². The SMILES string of the molecule is O=C1/C(=C\c2ccc(Br)cc2)CCC/C1=C/c1ccc(Br)cc1. The summed E-state index contributed by atoms with van der Waals surface area (Å²) in [5.41, 5.74) is 3.95. The molecule has 2 aromatic rings. The predicted octanol–water partition coefficient (Wildman–Crippen LogP) is 6.43. The van der Waals surface area contributed by atoms with Crippen LogP contribution in [-0.2, 0) is 4.79 Å². The number of halogens is 2. The van der Waals surface area contributed by atoms with Gasteiger partial charge in [0.15, 0.2) is 5.78 Å². The minimum absolute atomic E-state index is 0.182. The van der Waals surface area contributed by atoms with Crippen LogP contribution < -0.4 is 0 Å². The van der Waals surface area contributed by atoms with Crippen LogP contribution in [0.4, 0.5) is 0 Å². The van der Waals surface area contributed by atoms with Gasteiger partial charge in [0.05, 0.1) is 0 Å². The second-order valence-electron chi connectivity index (χ2n) is 5.62. The topological polar surface area (TPSA) is 17.1 Å². The number of Topliss-reactive ketones (excluding diaryl/α,β-unsaturated/α-hetero) is 1. The molecule has 0 unspecified atom stereocenters. The highest BCUT2D eigenvalue weighted by Crippen LogP contribution is 2.28. The Hall–Kier alpha value is -1.45. The largest absolute Gasteiger partial charge is 0.289 e. The van der Waals surface area contributed by atoms with Crippen molar-refractivity contribution in [2.24, 2.45) is 0 Å². The Kier molecular flexibility index (Phi) is 5.29. The van der Waals surface area contributed by atoms with Crippen molar-refractivity contribution in [3.05, 3.63) is 79.7 Å². The maximum absolute atomic E-state index is 12.7. The van der Waals surface area contributed by atoms with Crippen molar-refractivity contribution in [3.63, 3.8) is 0 Å². The van der Waals surface area contributed by atoms with Crippen molar-refractivity contribution in [1.82, 2.24) is 0 Å². The molecular formula is C20H16Br2O. The standard InChI is InChI=1S/C20H16Br2O/c21-18-8-4-14(5-9-18)12-16-2-1-3-17(20(16)23)13-15-6-10-19(22)11-7-15/h4-13H,1-3H2/b16-12-,17-13-. The van der Waals surface area contributed by atoms with E-state index in [0.717, 1.165) is 50.5 Å². The fraction of sp³-hybridized carbons (Fsp3) is 0.150. The van der Waals surface area contributed by atoms with Crippen LogP contribution in [-0.4, -0.2) is 5.78 Å². The molecule has 0 atom stereocenters. The van der Waals surface area contributed by atoms with Crippen molar-refractivity contribution in [1.29, 1.82) is 0 Å². The Bertz CT molecular complexity index is 703. The molecule has 2 aromatic carbocycles. The maximum Gasteiger partial charge on any atom is 0.185 e. The molecule has 1 saturated carbocycles. The lowest BCUT2D eigenvalue weighted by Gasteiger charge is -2.16. The van der Waals surface area contributed by atoms with Crippen LogP contribution in [0.2, 0.25) is 0 Å². The zero-order valence-corrected chi connectivity index (χ0v) is 15.7. The minimum Gasteiger partial charge on any atom is -0.289 e. The van der Waals surface area contributed by atoms with Crippen LogP contribution in [0.5, 0.6) is 0 Å². The Balaban J connectivity index is 1.86. The summed E-state index contributed by atoms with van der Waals surface area (Å²) >= 11 is 6.87. The molecule has 0 bridgehead atoms. The van der Waals surface area contributed by atoms with E-state index >= 15 is 0 Å². The number of hydrogen-bond acceptors (Lipinski definition) is 1. The highest BCUT2D eigenvalue weighted by atomic mass is 79.9. The third kappa shape index (κ3) is 4.30. The number of allylic oxidation sites excluding steroid dienone is 2. The maximum atomic E-state index is 12.7. The second kappa shape index (κ2) is 7.41. The third-order valence-electron chi connectivity index (χ3n) is 3.90. The molecule has 0 amide bonds. The summed E-state index contributed by atoms with van der Waals surface area (Å²) in [5, 5.41) is 0. The number of carbonyl (C=O) groups excluding carboxylic acids is 1. The first-order valence-corrected chi connectivity index (χ1v) is 9.17. The molecule has 1 aliphatic rings. The molecule has 1 aliphatic carbocycles. The van der Waals surface area contributed by atoms with Crippen molar-refractivity contribution >= 4 is 49.8 Å². The van der Waals surface area contributed by atoms with E-state index in [-0.39, 0.29) is 5.78 Å². The third-order valence-corrected chi connectivity index (χ3v) is 4.95. The van der Waals surface area contributed by atoms with Gasteiger partial charge in [-0.2, -0.15) is 0 Å². The molecular weight excluding hydrogens is 416 g/mol. The first kappa shape index (κ1) is 16.4. The molecule has 116 valence electrons. The number of carbonyl (C=O) groups is 1. The predicted molar refractivity (Wildman–Crippen MR) is 103 cm³/mol. The first-order chi connectivity index (χ1) is 11.1. The normalized spacial score (nSPS) is 18.6. The highest BCUT2D eigenvalue weighted by Gasteiger charge is 2.20. The summed E-state index contributed by atoms with van der Waals surface area (Å²) < 4.78 is 2.09. The van der Waals surface area contributed by atoms with Crippen LogP contribution in [0.1, 0.15) is 30.4 Å². The molecule has 0 radical (unpaired) electrons. The molecule has 0 heterocycles. The van der Waals surface area contributed by atoms with E-state index in [9.17, 15) is 4.79 Å². The van der Waals surface area contributed by atoms with E-state index in [1.54, 1.807) is 0 Å². The Morgan fingerprint density at radius 3 is 1.48 bits per heavy atom. The molecule has 23 heavy (non-hydrogen) atoms. The highest BCUT2D eigenvalue weighted by molar-refractivity contribution is 9.10. The molecule has 3 heteroatoms. The zero-order chi connectivity index (χ0) is 16.2. The van der Waals surface area contributed by atoms with Gasteiger partial charge in [0, 0.05) is 20.1 Å².